The van der Waals surface area contributed by atoms with Gasteiger partial charge in [-0.15, -0.1) is 0 Å². The van der Waals surface area contributed by atoms with Gasteiger partial charge in [-0.1, -0.05) is 44.2 Å². The molecule has 2 aromatic rings. The van der Waals surface area contributed by atoms with Crippen LogP contribution in [0, 0.1) is 5.92 Å². The van der Waals surface area contributed by atoms with Crippen molar-refractivity contribution in [2.75, 3.05) is 0 Å². The second-order valence-corrected chi connectivity index (χ2v) is 5.26. The van der Waals surface area contributed by atoms with Crippen LogP contribution in [0.25, 0.3) is 0 Å². The summed E-state index contributed by atoms with van der Waals surface area (Å²) in [7, 11) is 1.95. The zero-order valence-corrected chi connectivity index (χ0v) is 12.9. The molecule has 4 nitrogen and oxygen atoms in total. The molecule has 0 saturated heterocycles. The van der Waals surface area contributed by atoms with E-state index in [0.717, 1.165) is 24.2 Å². The summed E-state index contributed by atoms with van der Waals surface area (Å²) in [5.74, 6) is 0.994. The number of amides is 1. The van der Waals surface area contributed by atoms with Crippen LogP contribution in [0.3, 0.4) is 0 Å². The summed E-state index contributed by atoms with van der Waals surface area (Å²) in [6.07, 6.45) is 5.36. The van der Waals surface area contributed by atoms with Gasteiger partial charge in [0, 0.05) is 25.4 Å². The van der Waals surface area contributed by atoms with Crippen LogP contribution in [0.5, 0.6) is 0 Å². The smallest absolute Gasteiger partial charge is 0.223 e. The third-order valence-electron chi connectivity index (χ3n) is 3.89. The van der Waals surface area contributed by atoms with Crippen LogP contribution in [-0.2, 0) is 11.8 Å². The number of nitrogens with zero attached hydrogens (tertiary/aromatic N) is 2. The summed E-state index contributed by atoms with van der Waals surface area (Å²) >= 11 is 0. The molecule has 0 saturated carbocycles. The number of rotatable bonds is 6. The zero-order chi connectivity index (χ0) is 15.2. The summed E-state index contributed by atoms with van der Waals surface area (Å²) < 4.78 is 1.95. The molecule has 1 N–H and O–H groups in total. The first kappa shape index (κ1) is 15.3. The van der Waals surface area contributed by atoms with Crippen LogP contribution in [0.4, 0.5) is 0 Å². The number of carbonyl (C=O) groups is 1. The van der Waals surface area contributed by atoms with Gasteiger partial charge in [-0.3, -0.25) is 4.79 Å². The molecule has 2 rings (SSSR count). The Bertz CT molecular complexity index is 573. The predicted molar refractivity (Wildman–Crippen MR) is 83.7 cm³/mol. The lowest BCUT2D eigenvalue weighted by Crippen LogP contribution is -2.35. The van der Waals surface area contributed by atoms with Crippen molar-refractivity contribution in [1.82, 2.24) is 14.9 Å². The second-order valence-electron chi connectivity index (χ2n) is 5.26. The quantitative estimate of drug-likeness (QED) is 0.886. The third-order valence-corrected chi connectivity index (χ3v) is 3.89. The van der Waals surface area contributed by atoms with E-state index in [1.165, 1.54) is 0 Å². The molecule has 0 radical (unpaired) electrons. The molecule has 1 unspecified atom stereocenters. The molecule has 1 atom stereocenters. The number of aromatic nitrogens is 2. The average molecular weight is 285 g/mol. The molecule has 1 aromatic heterocycles. The first-order chi connectivity index (χ1) is 10.2. The predicted octanol–water partition coefficient (Wildman–Crippen LogP) is 3.06. The van der Waals surface area contributed by atoms with Crippen LogP contribution >= 0.6 is 0 Å². The van der Waals surface area contributed by atoms with E-state index in [0.29, 0.717) is 0 Å². The minimum Gasteiger partial charge on any atom is -0.342 e. The summed E-state index contributed by atoms with van der Waals surface area (Å²) in [5.41, 5.74) is 1.05. The monoisotopic (exact) mass is 285 g/mol. The van der Waals surface area contributed by atoms with Crippen LogP contribution in [0.1, 0.15) is 44.1 Å². The Balaban J connectivity index is 2.30. The van der Waals surface area contributed by atoms with Crippen LogP contribution in [0.15, 0.2) is 42.7 Å². The highest BCUT2D eigenvalue weighted by molar-refractivity contribution is 5.79. The van der Waals surface area contributed by atoms with Gasteiger partial charge in [-0.2, -0.15) is 0 Å². The number of carbonyl (C=O) groups excluding carboxylic acids is 1. The molecule has 1 amide bonds. The second kappa shape index (κ2) is 7.07. The van der Waals surface area contributed by atoms with Crippen molar-refractivity contribution in [3.8, 4) is 0 Å². The summed E-state index contributed by atoms with van der Waals surface area (Å²) in [4.78, 5) is 16.9. The van der Waals surface area contributed by atoms with E-state index in [4.69, 9.17) is 0 Å². The first-order valence-corrected chi connectivity index (χ1v) is 7.49. The largest absolute Gasteiger partial charge is 0.342 e. The Hall–Kier alpha value is -2.10. The fourth-order valence-corrected chi connectivity index (χ4v) is 2.52. The maximum atomic E-state index is 12.4. The fraction of sp³-hybridized carbons (Fsp3) is 0.412. The van der Waals surface area contributed by atoms with E-state index in [-0.39, 0.29) is 17.9 Å². The van der Waals surface area contributed by atoms with Crippen molar-refractivity contribution in [3.63, 3.8) is 0 Å². The minimum absolute atomic E-state index is 0.0523. The van der Waals surface area contributed by atoms with Crippen LogP contribution in [0.2, 0.25) is 0 Å². The van der Waals surface area contributed by atoms with Gasteiger partial charge in [0.05, 0.1) is 0 Å². The van der Waals surface area contributed by atoms with E-state index < -0.39 is 0 Å². The number of benzene rings is 1. The number of imidazole rings is 1. The molecule has 0 aliphatic carbocycles. The summed E-state index contributed by atoms with van der Waals surface area (Å²) in [5, 5.41) is 3.16. The maximum Gasteiger partial charge on any atom is 0.223 e. The number of hydrogen-bond acceptors (Lipinski definition) is 2. The third kappa shape index (κ3) is 3.51. The van der Waals surface area contributed by atoms with Gasteiger partial charge in [0.15, 0.2) is 0 Å². The molecule has 0 spiro atoms. The van der Waals surface area contributed by atoms with Crippen molar-refractivity contribution < 1.29 is 4.79 Å². The molecule has 21 heavy (non-hydrogen) atoms. The Morgan fingerprint density at radius 3 is 2.43 bits per heavy atom. The van der Waals surface area contributed by atoms with Gasteiger partial charge in [-0.05, 0) is 18.4 Å². The summed E-state index contributed by atoms with van der Waals surface area (Å²) in [6.45, 7) is 4.10. The Morgan fingerprint density at radius 2 is 1.90 bits per heavy atom. The Labute approximate surface area is 126 Å². The standard InChI is InChI=1S/C17H23N3O/c1-4-13(5-2)17(21)19-15(14-9-7-6-8-10-14)16-18-11-12-20(16)3/h6-13,15H,4-5H2,1-3H3,(H,19,21). The molecule has 0 aliphatic rings. The van der Waals surface area contributed by atoms with Gasteiger partial charge >= 0.3 is 0 Å². The highest BCUT2D eigenvalue weighted by atomic mass is 16.1. The van der Waals surface area contributed by atoms with Gasteiger partial charge in [0.2, 0.25) is 5.91 Å². The molecule has 1 heterocycles. The minimum atomic E-state index is -0.209. The molecular weight excluding hydrogens is 262 g/mol. The number of aryl methyl sites for hydroxylation is 1. The first-order valence-electron chi connectivity index (χ1n) is 7.49. The van der Waals surface area contributed by atoms with Crippen molar-refractivity contribution in [1.29, 1.82) is 0 Å². The van der Waals surface area contributed by atoms with Crippen LogP contribution in [-0.4, -0.2) is 15.5 Å². The molecule has 112 valence electrons. The van der Waals surface area contributed by atoms with Gasteiger partial charge in [-0.25, -0.2) is 4.98 Å². The number of hydrogen-bond donors (Lipinski definition) is 1. The molecule has 0 bridgehead atoms. The molecule has 0 aliphatic heterocycles. The van der Waals surface area contributed by atoms with Gasteiger partial charge in [0.25, 0.3) is 0 Å². The molecule has 4 heteroatoms. The normalized spacial score (nSPS) is 12.4. The number of nitrogens with one attached hydrogen (secondary N) is 1. The fourth-order valence-electron chi connectivity index (χ4n) is 2.52. The van der Waals surface area contributed by atoms with Crippen molar-refractivity contribution >= 4 is 5.91 Å². The topological polar surface area (TPSA) is 46.9 Å². The van der Waals surface area contributed by atoms with E-state index in [1.807, 2.05) is 62.0 Å². The molecule has 1 aromatic carbocycles. The lowest BCUT2D eigenvalue weighted by molar-refractivity contribution is -0.125. The summed E-state index contributed by atoms with van der Waals surface area (Å²) in [6, 6.07) is 9.77. The van der Waals surface area contributed by atoms with Crippen molar-refractivity contribution in [3.05, 3.63) is 54.1 Å². The lowest BCUT2D eigenvalue weighted by atomic mass is 10.0. The van der Waals surface area contributed by atoms with Crippen LogP contribution < -0.4 is 5.32 Å². The van der Waals surface area contributed by atoms with Crippen molar-refractivity contribution in [2.24, 2.45) is 13.0 Å². The SMILES string of the molecule is CCC(CC)C(=O)NC(c1ccccc1)c1nccn1C. The average Bonchev–Trinajstić information content (AvgIpc) is 2.93. The Kier molecular flexibility index (Phi) is 5.14. The Morgan fingerprint density at radius 1 is 1.24 bits per heavy atom. The van der Waals surface area contributed by atoms with Gasteiger partial charge < -0.3 is 9.88 Å². The van der Waals surface area contributed by atoms with Gasteiger partial charge in [0.1, 0.15) is 11.9 Å². The highest BCUT2D eigenvalue weighted by Crippen LogP contribution is 2.21. The molecular formula is C17H23N3O. The lowest BCUT2D eigenvalue weighted by Gasteiger charge is -2.22. The van der Waals surface area contributed by atoms with E-state index in [1.54, 1.807) is 6.20 Å². The van der Waals surface area contributed by atoms with E-state index in [2.05, 4.69) is 10.3 Å². The molecule has 0 fully saturated rings. The van der Waals surface area contributed by atoms with E-state index >= 15 is 0 Å². The maximum absolute atomic E-state index is 12.4. The van der Waals surface area contributed by atoms with E-state index in [9.17, 15) is 4.79 Å². The highest BCUT2D eigenvalue weighted by Gasteiger charge is 2.23. The van der Waals surface area contributed by atoms with Crippen molar-refractivity contribution in [2.45, 2.75) is 32.7 Å². The zero-order valence-electron chi connectivity index (χ0n) is 12.9.